The maximum atomic E-state index is 9.53. The van der Waals surface area contributed by atoms with Gasteiger partial charge in [-0.15, -0.1) is 18.3 Å². The van der Waals surface area contributed by atoms with Crippen molar-refractivity contribution >= 4 is 0 Å². The third-order valence-corrected chi connectivity index (χ3v) is 0.940. The second-order valence-corrected chi connectivity index (χ2v) is 4.80. The Balaban J connectivity index is -0.0000000881. The van der Waals surface area contributed by atoms with Gasteiger partial charge in [0, 0.05) is 0 Å². The van der Waals surface area contributed by atoms with Crippen molar-refractivity contribution in [3.8, 4) is 0 Å². The molecule has 0 saturated carbocycles. The molecule has 1 radical (unpaired) electrons. The first-order valence-electron chi connectivity index (χ1n) is 6.58. The van der Waals surface area contributed by atoms with E-state index in [1.165, 1.54) is 5.56 Å². The summed E-state index contributed by atoms with van der Waals surface area (Å²) in [4.78, 5) is 0. The van der Waals surface area contributed by atoms with Crippen LogP contribution >= 0.6 is 0 Å². The number of benzene rings is 1. The average Bonchev–Trinajstić information content (AvgIpc) is 2.15. The third-order valence-electron chi connectivity index (χ3n) is 0.940. The largest absolute Gasteiger partial charge is 3.00 e. The van der Waals surface area contributed by atoms with Crippen LogP contribution in [0.5, 0.6) is 0 Å². The molecule has 1 aromatic carbocycles. The van der Waals surface area contributed by atoms with E-state index in [2.05, 4.69) is 19.1 Å². The Kier molecular flexibility index (Phi) is 31.1. The second-order valence-electron chi connectivity index (χ2n) is 4.80. The number of hydrogen-bond donors (Lipinski definition) is 0. The maximum Gasteiger partial charge on any atom is 3.00 e. The molecular weight excluding hydrogens is 391 g/mol. The van der Waals surface area contributed by atoms with E-state index in [4.69, 9.17) is 0 Å². The topological polar surface area (TPSA) is 69.2 Å². The van der Waals surface area contributed by atoms with E-state index in [-0.39, 0.29) is 40.4 Å². The van der Waals surface area contributed by atoms with Gasteiger partial charge in [-0.3, -0.25) is 0 Å². The van der Waals surface area contributed by atoms with E-state index < -0.39 is 18.3 Å². The van der Waals surface area contributed by atoms with E-state index in [0.29, 0.717) is 0 Å². The molecule has 20 heavy (non-hydrogen) atoms. The Bertz CT molecular complexity index is 227. The van der Waals surface area contributed by atoms with Gasteiger partial charge in [0.1, 0.15) is 0 Å². The van der Waals surface area contributed by atoms with Crippen molar-refractivity contribution < 1.29 is 55.7 Å². The molecule has 1 rings (SSSR count). The minimum atomic E-state index is -0.417. The third kappa shape index (κ3) is 78.7. The molecule has 117 valence electrons. The van der Waals surface area contributed by atoms with Crippen LogP contribution in [0.4, 0.5) is 0 Å². The predicted molar refractivity (Wildman–Crippen MR) is 76.6 cm³/mol. The van der Waals surface area contributed by atoms with Gasteiger partial charge in [0.2, 0.25) is 0 Å². The summed E-state index contributed by atoms with van der Waals surface area (Å²) in [5.41, 5.74) is 1.32. The molecular formula is C16H29O3Sm. The molecule has 0 aliphatic heterocycles. The van der Waals surface area contributed by atoms with E-state index in [9.17, 15) is 15.3 Å². The van der Waals surface area contributed by atoms with Crippen molar-refractivity contribution in [1.82, 2.24) is 0 Å². The summed E-state index contributed by atoms with van der Waals surface area (Å²) in [7, 11) is 0. The molecule has 0 bridgehead atoms. The van der Waals surface area contributed by atoms with Crippen molar-refractivity contribution in [2.45, 2.75) is 66.8 Å². The van der Waals surface area contributed by atoms with Gasteiger partial charge in [-0.05, 0) is 6.92 Å². The van der Waals surface area contributed by atoms with Crippen LogP contribution in [-0.2, 0) is 0 Å². The van der Waals surface area contributed by atoms with E-state index in [0.717, 1.165) is 0 Å². The molecule has 0 saturated heterocycles. The molecule has 0 aliphatic rings. The number of aryl methyl sites for hydroxylation is 1. The van der Waals surface area contributed by atoms with Crippen LogP contribution in [0.25, 0.3) is 0 Å². The van der Waals surface area contributed by atoms with Crippen LogP contribution in [0.15, 0.2) is 30.3 Å². The Hall–Kier alpha value is 0.438. The molecule has 4 heteroatoms. The van der Waals surface area contributed by atoms with Crippen LogP contribution in [0.2, 0.25) is 0 Å². The van der Waals surface area contributed by atoms with Crippen LogP contribution < -0.4 is 15.3 Å². The van der Waals surface area contributed by atoms with E-state index in [1.54, 1.807) is 41.5 Å². The van der Waals surface area contributed by atoms with Gasteiger partial charge < -0.3 is 15.3 Å². The maximum absolute atomic E-state index is 9.53. The molecule has 0 spiro atoms. The minimum Gasteiger partial charge on any atom is -0.852 e. The zero-order valence-corrected chi connectivity index (χ0v) is 16.4. The molecule has 3 nitrogen and oxygen atoms in total. The predicted octanol–water partition coefficient (Wildman–Crippen LogP) is 1.26. The molecule has 1 aromatic rings. The molecule has 0 N–H and O–H groups in total. The zero-order chi connectivity index (χ0) is 15.8. The fraction of sp³-hybridized carbons (Fsp3) is 0.625. The Morgan fingerprint density at radius 3 is 0.950 bits per heavy atom. The summed E-state index contributed by atoms with van der Waals surface area (Å²) >= 11 is 0. The molecule has 0 amide bonds. The first-order chi connectivity index (χ1) is 8.59. The standard InChI is InChI=1S/C7H8.3C3H7O.Sm/c1-7-5-3-2-4-6-7;3*1-3(2)4;/h2-6H,1H3;3*3H,1-2H3;/q;3*-1;+3. The smallest absolute Gasteiger partial charge is 0.852 e. The van der Waals surface area contributed by atoms with E-state index >= 15 is 0 Å². The molecule has 0 atom stereocenters. The number of hydrogen-bond acceptors (Lipinski definition) is 3. The van der Waals surface area contributed by atoms with Crippen molar-refractivity contribution in [3.63, 3.8) is 0 Å². The Morgan fingerprint density at radius 2 is 0.850 bits per heavy atom. The first kappa shape index (κ1) is 28.6. The van der Waals surface area contributed by atoms with Gasteiger partial charge in [0.15, 0.2) is 0 Å². The van der Waals surface area contributed by atoms with Crippen LogP contribution in [0, 0.1) is 47.3 Å². The normalized spacial score (nSPS) is 8.45. The second kappa shape index (κ2) is 21.7. The summed E-state index contributed by atoms with van der Waals surface area (Å²) in [6, 6.07) is 10.3. The van der Waals surface area contributed by atoms with Crippen LogP contribution in [-0.4, -0.2) is 18.3 Å². The fourth-order valence-electron chi connectivity index (χ4n) is 0.534. The van der Waals surface area contributed by atoms with E-state index in [1.807, 2.05) is 18.2 Å². The Labute approximate surface area is 157 Å². The zero-order valence-electron chi connectivity index (χ0n) is 13.8. The van der Waals surface area contributed by atoms with Gasteiger partial charge in [-0.25, -0.2) is 0 Å². The van der Waals surface area contributed by atoms with Gasteiger partial charge >= 0.3 is 40.4 Å². The fourth-order valence-corrected chi connectivity index (χ4v) is 0.534. The minimum absolute atomic E-state index is 0. The number of rotatable bonds is 0. The summed E-state index contributed by atoms with van der Waals surface area (Å²) in [6.45, 7) is 11.8. The summed E-state index contributed by atoms with van der Waals surface area (Å²) < 4.78 is 0. The van der Waals surface area contributed by atoms with Crippen molar-refractivity contribution in [2.75, 3.05) is 0 Å². The molecule has 0 heterocycles. The van der Waals surface area contributed by atoms with Crippen molar-refractivity contribution in [1.29, 1.82) is 0 Å². The molecule has 0 aliphatic carbocycles. The summed E-state index contributed by atoms with van der Waals surface area (Å²) in [5.74, 6) is 0. The van der Waals surface area contributed by atoms with Gasteiger partial charge in [0.25, 0.3) is 0 Å². The average molecular weight is 420 g/mol. The van der Waals surface area contributed by atoms with Crippen LogP contribution in [0.3, 0.4) is 0 Å². The molecule has 0 fully saturated rings. The SMILES string of the molecule is CC(C)[O-].CC(C)[O-].CC(C)[O-].Cc1ccccc1.[Sm+3]. The van der Waals surface area contributed by atoms with Gasteiger partial charge in [0.05, 0.1) is 0 Å². The monoisotopic (exact) mass is 421 g/mol. The van der Waals surface area contributed by atoms with Gasteiger partial charge in [-0.1, -0.05) is 77.4 Å². The summed E-state index contributed by atoms with van der Waals surface area (Å²) in [5, 5.41) is 28.6. The molecule has 0 aromatic heterocycles. The Morgan fingerprint density at radius 1 is 0.650 bits per heavy atom. The van der Waals surface area contributed by atoms with Crippen molar-refractivity contribution in [2.24, 2.45) is 0 Å². The summed E-state index contributed by atoms with van der Waals surface area (Å²) in [6.07, 6.45) is -1.25. The van der Waals surface area contributed by atoms with Gasteiger partial charge in [-0.2, -0.15) is 0 Å². The molecule has 0 unspecified atom stereocenters. The quantitative estimate of drug-likeness (QED) is 0.636. The van der Waals surface area contributed by atoms with Crippen molar-refractivity contribution in [3.05, 3.63) is 35.9 Å². The van der Waals surface area contributed by atoms with Crippen LogP contribution in [0.1, 0.15) is 47.1 Å². The first-order valence-corrected chi connectivity index (χ1v) is 6.58.